The Balaban J connectivity index is 1.54. The third-order valence-corrected chi connectivity index (χ3v) is 4.05. The number of nitrogens with zero attached hydrogens (tertiary/aromatic N) is 3. The molecule has 0 saturated carbocycles. The van der Waals surface area contributed by atoms with Gasteiger partial charge in [-0.2, -0.15) is 0 Å². The molecule has 2 aromatic rings. The quantitative estimate of drug-likeness (QED) is 0.877. The highest BCUT2D eigenvalue weighted by molar-refractivity contribution is 5.37. The van der Waals surface area contributed by atoms with E-state index >= 15 is 0 Å². The maximum absolute atomic E-state index is 5.97. The summed E-state index contributed by atoms with van der Waals surface area (Å²) in [5.74, 6) is 1.31. The fourth-order valence-corrected chi connectivity index (χ4v) is 2.85. The molecule has 1 aliphatic heterocycles. The third-order valence-electron chi connectivity index (χ3n) is 4.05. The van der Waals surface area contributed by atoms with Crippen LogP contribution in [0.2, 0.25) is 0 Å². The van der Waals surface area contributed by atoms with Crippen LogP contribution in [0.1, 0.15) is 12.0 Å². The van der Waals surface area contributed by atoms with Crippen LogP contribution >= 0.6 is 0 Å². The second-order valence-electron chi connectivity index (χ2n) is 5.89. The van der Waals surface area contributed by atoms with Crippen LogP contribution in [0, 0.1) is 0 Å². The Hall–Kier alpha value is -2.18. The molecule has 1 saturated heterocycles. The number of hydrogen-bond donors (Lipinski definition) is 1. The van der Waals surface area contributed by atoms with Crippen LogP contribution < -0.4 is 10.1 Å². The summed E-state index contributed by atoms with van der Waals surface area (Å²) in [6, 6.07) is 12.4. The van der Waals surface area contributed by atoms with Crippen molar-refractivity contribution in [1.29, 1.82) is 0 Å². The van der Waals surface area contributed by atoms with Gasteiger partial charge in [0, 0.05) is 38.9 Å². The highest BCUT2D eigenvalue weighted by atomic mass is 16.5. The second kappa shape index (κ2) is 8.61. The molecule has 0 aliphatic carbocycles. The van der Waals surface area contributed by atoms with Crippen molar-refractivity contribution in [3.8, 4) is 5.88 Å². The number of methoxy groups -OCH3 is 1. The summed E-state index contributed by atoms with van der Waals surface area (Å²) in [7, 11) is 1.60. The van der Waals surface area contributed by atoms with Gasteiger partial charge in [0.25, 0.3) is 0 Å². The lowest BCUT2D eigenvalue weighted by Crippen LogP contribution is -2.35. The highest BCUT2D eigenvalue weighted by Crippen LogP contribution is 2.13. The van der Waals surface area contributed by atoms with Crippen LogP contribution in [0.3, 0.4) is 0 Å². The molecule has 0 amide bonds. The van der Waals surface area contributed by atoms with Crippen molar-refractivity contribution in [2.75, 3.05) is 38.7 Å². The lowest BCUT2D eigenvalue weighted by atomic mass is 10.2. The molecule has 0 spiro atoms. The molecule has 1 aromatic carbocycles. The van der Waals surface area contributed by atoms with Crippen molar-refractivity contribution in [2.45, 2.75) is 19.1 Å². The summed E-state index contributed by atoms with van der Waals surface area (Å²) >= 11 is 0. The first kappa shape index (κ1) is 16.7. The van der Waals surface area contributed by atoms with Crippen LogP contribution in [-0.4, -0.2) is 54.3 Å². The van der Waals surface area contributed by atoms with E-state index in [1.54, 1.807) is 13.2 Å². The van der Waals surface area contributed by atoms with Gasteiger partial charge in [0.2, 0.25) is 5.88 Å². The SMILES string of the molecule is COc1cc(NCC2CN(Cc3ccccc3)CCCO2)ncn1. The molecule has 0 radical (unpaired) electrons. The summed E-state index contributed by atoms with van der Waals surface area (Å²) < 4.78 is 11.1. The zero-order valence-corrected chi connectivity index (χ0v) is 14.0. The van der Waals surface area contributed by atoms with Gasteiger partial charge in [0.15, 0.2) is 0 Å². The fraction of sp³-hybridized carbons (Fsp3) is 0.444. The van der Waals surface area contributed by atoms with E-state index in [0.717, 1.165) is 38.5 Å². The van der Waals surface area contributed by atoms with Crippen LogP contribution in [-0.2, 0) is 11.3 Å². The molecule has 128 valence electrons. The number of rotatable bonds is 6. The molecule has 6 heteroatoms. The van der Waals surface area contributed by atoms with Gasteiger partial charge >= 0.3 is 0 Å². The Morgan fingerprint density at radius 1 is 1.29 bits per heavy atom. The first-order valence-corrected chi connectivity index (χ1v) is 8.31. The zero-order chi connectivity index (χ0) is 16.6. The van der Waals surface area contributed by atoms with E-state index in [4.69, 9.17) is 9.47 Å². The van der Waals surface area contributed by atoms with Gasteiger partial charge in [-0.05, 0) is 12.0 Å². The van der Waals surface area contributed by atoms with Gasteiger partial charge in [-0.25, -0.2) is 9.97 Å². The maximum atomic E-state index is 5.97. The molecule has 1 atom stereocenters. The first-order valence-electron chi connectivity index (χ1n) is 8.31. The Labute approximate surface area is 142 Å². The van der Waals surface area contributed by atoms with Crippen LogP contribution in [0.5, 0.6) is 5.88 Å². The molecule has 1 aromatic heterocycles. The lowest BCUT2D eigenvalue weighted by molar-refractivity contribution is 0.0624. The van der Waals surface area contributed by atoms with Crippen LogP contribution in [0.25, 0.3) is 0 Å². The van der Waals surface area contributed by atoms with E-state index in [1.165, 1.54) is 11.9 Å². The zero-order valence-electron chi connectivity index (χ0n) is 14.0. The molecule has 0 bridgehead atoms. The lowest BCUT2D eigenvalue weighted by Gasteiger charge is -2.24. The van der Waals surface area contributed by atoms with E-state index in [1.807, 2.05) is 0 Å². The van der Waals surface area contributed by atoms with Crippen molar-refractivity contribution >= 4 is 5.82 Å². The molecule has 1 aliphatic rings. The van der Waals surface area contributed by atoms with E-state index in [2.05, 4.69) is 50.5 Å². The number of nitrogens with one attached hydrogen (secondary N) is 1. The van der Waals surface area contributed by atoms with E-state index in [0.29, 0.717) is 12.4 Å². The van der Waals surface area contributed by atoms with Crippen molar-refractivity contribution in [2.24, 2.45) is 0 Å². The molecule has 6 nitrogen and oxygen atoms in total. The number of anilines is 1. The van der Waals surface area contributed by atoms with Gasteiger partial charge in [-0.15, -0.1) is 0 Å². The first-order chi connectivity index (χ1) is 11.8. The molecular weight excluding hydrogens is 304 g/mol. The maximum Gasteiger partial charge on any atom is 0.218 e. The number of hydrogen-bond acceptors (Lipinski definition) is 6. The molecule has 1 fully saturated rings. The normalized spacial score (nSPS) is 18.8. The number of benzene rings is 1. The Bertz CT molecular complexity index is 623. The molecule has 24 heavy (non-hydrogen) atoms. The Kier molecular flexibility index (Phi) is 5.98. The van der Waals surface area contributed by atoms with E-state index in [-0.39, 0.29) is 6.10 Å². The fourth-order valence-electron chi connectivity index (χ4n) is 2.85. The predicted octanol–water partition coefficient (Wildman–Crippen LogP) is 2.19. The van der Waals surface area contributed by atoms with Crippen molar-refractivity contribution in [3.05, 3.63) is 48.3 Å². The van der Waals surface area contributed by atoms with Gasteiger partial charge < -0.3 is 14.8 Å². The number of ether oxygens (including phenoxy) is 2. The second-order valence-corrected chi connectivity index (χ2v) is 5.89. The number of aromatic nitrogens is 2. The Morgan fingerprint density at radius 3 is 3.00 bits per heavy atom. The van der Waals surface area contributed by atoms with E-state index in [9.17, 15) is 0 Å². The standard InChI is InChI=1S/C18H24N4O2/c1-23-18-10-17(20-14-21-18)19-11-16-13-22(8-5-9-24-16)12-15-6-3-2-4-7-15/h2-4,6-7,10,14,16H,5,8-9,11-13H2,1H3,(H,19,20,21). The minimum absolute atomic E-state index is 0.136. The summed E-state index contributed by atoms with van der Waals surface area (Å²) in [6.45, 7) is 4.44. The van der Waals surface area contributed by atoms with Crippen molar-refractivity contribution in [3.63, 3.8) is 0 Å². The van der Waals surface area contributed by atoms with Crippen LogP contribution in [0.15, 0.2) is 42.7 Å². The summed E-state index contributed by atoms with van der Waals surface area (Å²) in [4.78, 5) is 10.7. The highest BCUT2D eigenvalue weighted by Gasteiger charge is 2.19. The minimum atomic E-state index is 0.136. The van der Waals surface area contributed by atoms with Crippen molar-refractivity contribution in [1.82, 2.24) is 14.9 Å². The predicted molar refractivity (Wildman–Crippen MR) is 93.1 cm³/mol. The molecule has 3 rings (SSSR count). The van der Waals surface area contributed by atoms with Crippen molar-refractivity contribution < 1.29 is 9.47 Å². The third kappa shape index (κ3) is 4.91. The van der Waals surface area contributed by atoms with Gasteiger partial charge in [-0.1, -0.05) is 30.3 Å². The topological polar surface area (TPSA) is 59.5 Å². The summed E-state index contributed by atoms with van der Waals surface area (Å²) in [5.41, 5.74) is 1.34. The molecule has 1 N–H and O–H groups in total. The van der Waals surface area contributed by atoms with Crippen LogP contribution in [0.4, 0.5) is 5.82 Å². The minimum Gasteiger partial charge on any atom is -0.481 e. The smallest absolute Gasteiger partial charge is 0.218 e. The van der Waals surface area contributed by atoms with Gasteiger partial charge in [-0.3, -0.25) is 4.90 Å². The molecule has 1 unspecified atom stereocenters. The largest absolute Gasteiger partial charge is 0.481 e. The molecule has 2 heterocycles. The summed E-state index contributed by atoms with van der Waals surface area (Å²) in [6.07, 6.45) is 2.69. The average Bonchev–Trinajstić information content (AvgIpc) is 2.86. The summed E-state index contributed by atoms with van der Waals surface area (Å²) in [5, 5.41) is 3.32. The Morgan fingerprint density at radius 2 is 2.17 bits per heavy atom. The average molecular weight is 328 g/mol. The van der Waals surface area contributed by atoms with Gasteiger partial charge in [0.1, 0.15) is 12.1 Å². The van der Waals surface area contributed by atoms with Gasteiger partial charge in [0.05, 0.1) is 13.2 Å². The monoisotopic (exact) mass is 328 g/mol. The van der Waals surface area contributed by atoms with E-state index < -0.39 is 0 Å². The molecular formula is C18H24N4O2.